The monoisotopic (exact) mass is 201 g/mol. The molecule has 0 radical (unpaired) electrons. The molecule has 2 rings (SSSR count). The summed E-state index contributed by atoms with van der Waals surface area (Å²) in [4.78, 5) is 32.8. The minimum Gasteiger partial charge on any atom is -0.288 e. The summed E-state index contributed by atoms with van der Waals surface area (Å²) < 4.78 is 0. The Labute approximate surface area is 85.6 Å². The lowest BCUT2D eigenvalue weighted by molar-refractivity contribution is -0.114. The van der Waals surface area contributed by atoms with E-state index in [0.717, 1.165) is 5.56 Å². The third-order valence-corrected chi connectivity index (χ3v) is 2.35. The SMILES string of the molecule is O=NC(=O)C1=CCc2ccccc2C1=O. The van der Waals surface area contributed by atoms with Crippen molar-refractivity contribution in [1.82, 2.24) is 0 Å². The quantitative estimate of drug-likeness (QED) is 0.512. The molecule has 0 heterocycles. The lowest BCUT2D eigenvalue weighted by Crippen LogP contribution is -2.17. The first-order chi connectivity index (χ1) is 7.24. The number of nitroso groups, excluding NO2 is 1. The standard InChI is InChI=1S/C11H7NO3/c13-10-8-4-2-1-3-7(8)5-6-9(10)11(14)12-15/h1-4,6H,5H2. The zero-order chi connectivity index (χ0) is 10.8. The molecule has 1 amide bonds. The van der Waals surface area contributed by atoms with Crippen LogP contribution < -0.4 is 0 Å². The number of nitrogens with zero attached hydrogens (tertiary/aromatic N) is 1. The fraction of sp³-hybridized carbons (Fsp3) is 0.0909. The number of hydrogen-bond donors (Lipinski definition) is 0. The maximum Gasteiger partial charge on any atom is 0.320 e. The van der Waals surface area contributed by atoms with Gasteiger partial charge >= 0.3 is 5.91 Å². The van der Waals surface area contributed by atoms with Crippen molar-refractivity contribution in [3.8, 4) is 0 Å². The van der Waals surface area contributed by atoms with Crippen LogP contribution in [0, 0.1) is 4.91 Å². The van der Waals surface area contributed by atoms with Gasteiger partial charge in [-0.15, -0.1) is 4.91 Å². The number of rotatable bonds is 1. The molecule has 0 N–H and O–H groups in total. The molecular weight excluding hydrogens is 194 g/mol. The average Bonchev–Trinajstić information content (AvgIpc) is 2.29. The van der Waals surface area contributed by atoms with Gasteiger partial charge in [0.05, 0.1) is 5.57 Å². The van der Waals surface area contributed by atoms with Crippen LogP contribution in [-0.4, -0.2) is 11.7 Å². The lowest BCUT2D eigenvalue weighted by Gasteiger charge is -2.12. The number of amides is 1. The molecule has 0 saturated heterocycles. The first kappa shape index (κ1) is 9.45. The number of ketones is 1. The maximum atomic E-state index is 11.7. The van der Waals surface area contributed by atoms with Gasteiger partial charge in [-0.1, -0.05) is 30.3 Å². The number of carbonyl (C=O) groups excluding carboxylic acids is 2. The van der Waals surface area contributed by atoms with Crippen LogP contribution in [-0.2, 0) is 11.2 Å². The molecule has 74 valence electrons. The highest BCUT2D eigenvalue weighted by Crippen LogP contribution is 2.21. The second kappa shape index (κ2) is 3.57. The van der Waals surface area contributed by atoms with Crippen molar-refractivity contribution in [2.45, 2.75) is 6.42 Å². The van der Waals surface area contributed by atoms with Gasteiger partial charge in [0.15, 0.2) is 5.78 Å². The second-order valence-corrected chi connectivity index (χ2v) is 3.20. The summed E-state index contributed by atoms with van der Waals surface area (Å²) >= 11 is 0. The van der Waals surface area contributed by atoms with Gasteiger partial charge in [-0.2, -0.15) is 0 Å². The van der Waals surface area contributed by atoms with Crippen molar-refractivity contribution in [3.63, 3.8) is 0 Å². The molecule has 0 atom stereocenters. The van der Waals surface area contributed by atoms with Crippen LogP contribution in [0.3, 0.4) is 0 Å². The normalized spacial score (nSPS) is 14.1. The summed E-state index contributed by atoms with van der Waals surface area (Å²) in [6.07, 6.45) is 1.94. The molecule has 0 fully saturated rings. The van der Waals surface area contributed by atoms with E-state index in [-0.39, 0.29) is 5.57 Å². The predicted octanol–water partition coefficient (Wildman–Crippen LogP) is 1.64. The average molecular weight is 201 g/mol. The van der Waals surface area contributed by atoms with E-state index in [0.29, 0.717) is 12.0 Å². The number of benzene rings is 1. The van der Waals surface area contributed by atoms with Crippen LogP contribution in [0.2, 0.25) is 0 Å². The van der Waals surface area contributed by atoms with Crippen LogP contribution in [0.15, 0.2) is 41.1 Å². The Bertz CT molecular complexity index is 488. The molecule has 0 unspecified atom stereocenters. The van der Waals surface area contributed by atoms with Gasteiger partial charge in [0.25, 0.3) is 0 Å². The molecule has 15 heavy (non-hydrogen) atoms. The molecule has 1 aromatic rings. The van der Waals surface area contributed by atoms with Gasteiger partial charge in [0.1, 0.15) is 0 Å². The molecule has 4 heteroatoms. The summed E-state index contributed by atoms with van der Waals surface area (Å²) in [6.45, 7) is 0. The molecule has 1 aromatic carbocycles. The highest BCUT2D eigenvalue weighted by molar-refractivity contribution is 6.27. The Balaban J connectivity index is 2.46. The third kappa shape index (κ3) is 1.50. The Morgan fingerprint density at radius 3 is 2.73 bits per heavy atom. The summed E-state index contributed by atoms with van der Waals surface area (Å²) in [5.74, 6) is -1.41. The summed E-state index contributed by atoms with van der Waals surface area (Å²) in [6, 6.07) is 7.01. The van der Waals surface area contributed by atoms with Crippen molar-refractivity contribution in [3.05, 3.63) is 51.9 Å². The van der Waals surface area contributed by atoms with E-state index in [1.807, 2.05) is 12.1 Å². The predicted molar refractivity (Wildman–Crippen MR) is 53.4 cm³/mol. The van der Waals surface area contributed by atoms with E-state index in [1.165, 1.54) is 6.08 Å². The topological polar surface area (TPSA) is 63.6 Å². The second-order valence-electron chi connectivity index (χ2n) is 3.20. The number of carbonyl (C=O) groups is 2. The Hall–Kier alpha value is -2.10. The van der Waals surface area contributed by atoms with E-state index >= 15 is 0 Å². The molecule has 0 bridgehead atoms. The first-order valence-corrected chi connectivity index (χ1v) is 4.44. The van der Waals surface area contributed by atoms with Crippen molar-refractivity contribution in [2.24, 2.45) is 5.18 Å². The highest BCUT2D eigenvalue weighted by Gasteiger charge is 2.25. The van der Waals surface area contributed by atoms with Crippen molar-refractivity contribution in [1.29, 1.82) is 0 Å². The van der Waals surface area contributed by atoms with E-state index < -0.39 is 11.7 Å². The number of fused-ring (bicyclic) bond motifs is 1. The Morgan fingerprint density at radius 2 is 2.00 bits per heavy atom. The van der Waals surface area contributed by atoms with Crippen LogP contribution in [0.4, 0.5) is 0 Å². The van der Waals surface area contributed by atoms with Crippen molar-refractivity contribution >= 4 is 11.7 Å². The number of allylic oxidation sites excluding steroid dienone is 1. The van der Waals surface area contributed by atoms with E-state index in [9.17, 15) is 14.5 Å². The van der Waals surface area contributed by atoms with Crippen LogP contribution in [0.25, 0.3) is 0 Å². The highest BCUT2D eigenvalue weighted by atomic mass is 16.3. The van der Waals surface area contributed by atoms with Gasteiger partial charge in [0, 0.05) is 10.7 Å². The smallest absolute Gasteiger partial charge is 0.288 e. The van der Waals surface area contributed by atoms with Crippen molar-refractivity contribution in [2.75, 3.05) is 0 Å². The van der Waals surface area contributed by atoms with Crippen LogP contribution >= 0.6 is 0 Å². The van der Waals surface area contributed by atoms with Gasteiger partial charge in [-0.25, -0.2) is 0 Å². The molecule has 0 aromatic heterocycles. The minimum atomic E-state index is -0.991. The molecular formula is C11H7NO3. The van der Waals surface area contributed by atoms with Gasteiger partial charge in [0.2, 0.25) is 0 Å². The third-order valence-electron chi connectivity index (χ3n) is 2.35. The van der Waals surface area contributed by atoms with Crippen LogP contribution in [0.1, 0.15) is 15.9 Å². The van der Waals surface area contributed by atoms with Crippen molar-refractivity contribution < 1.29 is 9.59 Å². The fourth-order valence-corrected chi connectivity index (χ4v) is 1.60. The molecule has 1 aliphatic rings. The summed E-state index contributed by atoms with van der Waals surface area (Å²) in [5, 5.41) is 2.26. The van der Waals surface area contributed by atoms with E-state index in [1.54, 1.807) is 12.1 Å². The number of hydrogen-bond acceptors (Lipinski definition) is 3. The molecule has 0 spiro atoms. The fourth-order valence-electron chi connectivity index (χ4n) is 1.60. The van der Waals surface area contributed by atoms with Crippen LogP contribution in [0.5, 0.6) is 0 Å². The van der Waals surface area contributed by atoms with Gasteiger partial charge in [-0.05, 0) is 12.0 Å². The largest absolute Gasteiger partial charge is 0.320 e. The molecule has 0 aliphatic heterocycles. The summed E-state index contributed by atoms with van der Waals surface area (Å²) in [5.41, 5.74) is 1.22. The molecule has 0 saturated carbocycles. The minimum absolute atomic E-state index is 0.122. The Kier molecular flexibility index (Phi) is 2.25. The maximum absolute atomic E-state index is 11.7. The summed E-state index contributed by atoms with van der Waals surface area (Å²) in [7, 11) is 0. The number of Topliss-reactive ketones (excluding diaryl/α,β-unsaturated/α-hetero) is 1. The molecule has 1 aliphatic carbocycles. The lowest BCUT2D eigenvalue weighted by atomic mass is 9.90. The zero-order valence-electron chi connectivity index (χ0n) is 7.77. The van der Waals surface area contributed by atoms with E-state index in [2.05, 4.69) is 5.18 Å². The first-order valence-electron chi connectivity index (χ1n) is 4.44. The van der Waals surface area contributed by atoms with E-state index in [4.69, 9.17) is 0 Å². The zero-order valence-corrected chi connectivity index (χ0v) is 7.77. The van der Waals surface area contributed by atoms with Gasteiger partial charge in [-0.3, -0.25) is 9.59 Å². The molecule has 4 nitrogen and oxygen atoms in total. The Morgan fingerprint density at radius 1 is 1.27 bits per heavy atom. The van der Waals surface area contributed by atoms with Gasteiger partial charge < -0.3 is 0 Å².